The van der Waals surface area contributed by atoms with Crippen LogP contribution in [0.25, 0.3) is 0 Å². The maximum Gasteiger partial charge on any atom is 0.323 e. The molecule has 0 unspecified atom stereocenters. The van der Waals surface area contributed by atoms with Gasteiger partial charge in [0.05, 0.1) is 4.92 Å². The van der Waals surface area contributed by atoms with Crippen LogP contribution in [0.3, 0.4) is 0 Å². The van der Waals surface area contributed by atoms with Crippen LogP contribution < -0.4 is 15.4 Å². The summed E-state index contributed by atoms with van der Waals surface area (Å²) >= 11 is 5.71. The van der Waals surface area contributed by atoms with Gasteiger partial charge in [0.15, 0.2) is 0 Å². The number of hydrogen-bond acceptors (Lipinski definition) is 5. The second-order valence-corrected chi connectivity index (χ2v) is 5.03. The van der Waals surface area contributed by atoms with Gasteiger partial charge in [-0.2, -0.15) is 0 Å². The standard InChI is InChI=1S/C15H12ClN3O5/c1-9(20)24-12-4-2-3-10(7-12)17-15(21)18-11-5-6-13(16)14(8-11)19(22)23/h2-8H,1H3,(H2,17,18,21). The Hall–Kier alpha value is -3.13. The number of urea groups is 1. The number of nitro benzene ring substituents is 1. The number of ether oxygens (including phenoxy) is 1. The van der Waals surface area contributed by atoms with E-state index >= 15 is 0 Å². The van der Waals surface area contributed by atoms with Crippen molar-refractivity contribution in [1.82, 2.24) is 0 Å². The third-order valence-corrected chi connectivity index (χ3v) is 3.07. The third kappa shape index (κ3) is 4.68. The highest BCUT2D eigenvalue weighted by molar-refractivity contribution is 6.32. The average molecular weight is 350 g/mol. The first-order valence-electron chi connectivity index (χ1n) is 6.65. The number of benzene rings is 2. The van der Waals surface area contributed by atoms with E-state index in [1.807, 2.05) is 0 Å². The zero-order chi connectivity index (χ0) is 17.7. The van der Waals surface area contributed by atoms with Crippen molar-refractivity contribution >= 4 is 40.7 Å². The third-order valence-electron chi connectivity index (χ3n) is 2.75. The zero-order valence-corrected chi connectivity index (χ0v) is 13.2. The highest BCUT2D eigenvalue weighted by Crippen LogP contribution is 2.27. The van der Waals surface area contributed by atoms with Crippen molar-refractivity contribution in [2.75, 3.05) is 10.6 Å². The molecule has 2 amide bonds. The summed E-state index contributed by atoms with van der Waals surface area (Å²) in [5, 5.41) is 15.8. The number of carbonyl (C=O) groups is 2. The van der Waals surface area contributed by atoms with Crippen molar-refractivity contribution < 1.29 is 19.2 Å². The lowest BCUT2D eigenvalue weighted by Crippen LogP contribution is -2.19. The number of anilines is 2. The molecule has 2 N–H and O–H groups in total. The molecule has 0 aliphatic carbocycles. The lowest BCUT2D eigenvalue weighted by Gasteiger charge is -2.09. The van der Waals surface area contributed by atoms with E-state index in [0.29, 0.717) is 5.69 Å². The van der Waals surface area contributed by atoms with Gasteiger partial charge in [0.2, 0.25) is 0 Å². The quantitative estimate of drug-likeness (QED) is 0.377. The second kappa shape index (κ2) is 7.42. The topological polar surface area (TPSA) is 111 Å². The number of carbonyl (C=O) groups excluding carboxylic acids is 2. The molecule has 0 fully saturated rings. The first-order chi connectivity index (χ1) is 11.3. The summed E-state index contributed by atoms with van der Waals surface area (Å²) in [4.78, 5) is 33.0. The predicted molar refractivity (Wildman–Crippen MR) is 88.5 cm³/mol. The van der Waals surface area contributed by atoms with Gasteiger partial charge in [0.1, 0.15) is 10.8 Å². The number of nitrogens with one attached hydrogen (secondary N) is 2. The molecule has 9 heteroatoms. The second-order valence-electron chi connectivity index (χ2n) is 4.62. The van der Waals surface area contributed by atoms with E-state index in [0.717, 1.165) is 6.07 Å². The Morgan fingerprint density at radius 3 is 2.42 bits per heavy atom. The van der Waals surface area contributed by atoms with Crippen LogP contribution in [-0.2, 0) is 4.79 Å². The van der Waals surface area contributed by atoms with Crippen LogP contribution in [0.1, 0.15) is 6.92 Å². The Morgan fingerprint density at radius 2 is 1.79 bits per heavy atom. The van der Waals surface area contributed by atoms with Crippen molar-refractivity contribution in [1.29, 1.82) is 0 Å². The molecule has 8 nitrogen and oxygen atoms in total. The maximum atomic E-state index is 11.9. The summed E-state index contributed by atoms with van der Waals surface area (Å²) < 4.78 is 4.91. The maximum absolute atomic E-state index is 11.9. The molecule has 2 aromatic rings. The molecular formula is C15H12ClN3O5. The zero-order valence-electron chi connectivity index (χ0n) is 12.4. The smallest absolute Gasteiger partial charge is 0.323 e. The summed E-state index contributed by atoms with van der Waals surface area (Å²) in [6.45, 7) is 1.26. The van der Waals surface area contributed by atoms with Crippen molar-refractivity contribution in [3.63, 3.8) is 0 Å². The molecule has 2 aromatic carbocycles. The van der Waals surface area contributed by atoms with Crippen LogP contribution in [0.15, 0.2) is 42.5 Å². The SMILES string of the molecule is CC(=O)Oc1cccc(NC(=O)Nc2ccc(Cl)c([N+](=O)[O-])c2)c1. The van der Waals surface area contributed by atoms with E-state index < -0.39 is 16.9 Å². The molecule has 0 spiro atoms. The van der Waals surface area contributed by atoms with Gasteiger partial charge in [0.25, 0.3) is 5.69 Å². The van der Waals surface area contributed by atoms with Gasteiger partial charge < -0.3 is 15.4 Å². The Labute approximate surface area is 141 Å². The molecule has 0 aliphatic heterocycles. The highest BCUT2D eigenvalue weighted by Gasteiger charge is 2.14. The average Bonchev–Trinajstić information content (AvgIpc) is 2.48. The number of rotatable bonds is 4. The minimum Gasteiger partial charge on any atom is -0.427 e. The minimum absolute atomic E-state index is 0.0277. The normalized spacial score (nSPS) is 9.92. The van der Waals surface area contributed by atoms with Gasteiger partial charge in [-0.25, -0.2) is 4.79 Å². The molecule has 0 heterocycles. The van der Waals surface area contributed by atoms with Gasteiger partial charge in [0, 0.05) is 30.4 Å². The Balaban J connectivity index is 2.07. The van der Waals surface area contributed by atoms with Gasteiger partial charge in [-0.3, -0.25) is 14.9 Å². The fraction of sp³-hybridized carbons (Fsp3) is 0.0667. The molecule has 24 heavy (non-hydrogen) atoms. The van der Waals surface area contributed by atoms with E-state index in [1.165, 1.54) is 25.1 Å². The van der Waals surface area contributed by atoms with Gasteiger partial charge >= 0.3 is 12.0 Å². The van der Waals surface area contributed by atoms with E-state index in [1.54, 1.807) is 18.2 Å². The van der Waals surface area contributed by atoms with Crippen LogP contribution in [0.2, 0.25) is 5.02 Å². The number of halogens is 1. The number of hydrogen-bond donors (Lipinski definition) is 2. The van der Waals surface area contributed by atoms with Crippen molar-refractivity contribution in [3.05, 3.63) is 57.6 Å². The number of esters is 1. The molecule has 0 saturated carbocycles. The van der Waals surface area contributed by atoms with E-state index in [9.17, 15) is 19.7 Å². The lowest BCUT2D eigenvalue weighted by molar-refractivity contribution is -0.384. The van der Waals surface area contributed by atoms with Crippen molar-refractivity contribution in [3.8, 4) is 5.75 Å². The molecule has 124 valence electrons. The van der Waals surface area contributed by atoms with Gasteiger partial charge in [-0.15, -0.1) is 0 Å². The lowest BCUT2D eigenvalue weighted by atomic mass is 10.3. The van der Waals surface area contributed by atoms with Crippen LogP contribution in [0.4, 0.5) is 21.9 Å². The first-order valence-corrected chi connectivity index (χ1v) is 7.03. The van der Waals surface area contributed by atoms with Crippen LogP contribution in [-0.4, -0.2) is 16.9 Å². The molecule has 0 saturated heterocycles. The number of nitrogens with zero attached hydrogens (tertiary/aromatic N) is 1. The van der Waals surface area contributed by atoms with Crippen LogP contribution >= 0.6 is 11.6 Å². The van der Waals surface area contributed by atoms with Gasteiger partial charge in [-0.1, -0.05) is 17.7 Å². The molecule has 0 aliphatic rings. The molecule has 0 atom stereocenters. The first kappa shape index (κ1) is 17.2. The minimum atomic E-state index is -0.645. The Morgan fingerprint density at radius 1 is 1.12 bits per heavy atom. The van der Waals surface area contributed by atoms with Crippen LogP contribution in [0.5, 0.6) is 5.75 Å². The Bertz CT molecular complexity index is 809. The van der Waals surface area contributed by atoms with Crippen molar-refractivity contribution in [2.45, 2.75) is 6.92 Å². The predicted octanol–water partition coefficient (Wildman–Crippen LogP) is 3.82. The summed E-state index contributed by atoms with van der Waals surface area (Å²) in [5.41, 5.74) is 0.278. The summed E-state index contributed by atoms with van der Waals surface area (Å²) in [6, 6.07) is 9.50. The number of amides is 2. The fourth-order valence-corrected chi connectivity index (χ4v) is 2.01. The van der Waals surface area contributed by atoms with Gasteiger partial charge in [-0.05, 0) is 24.3 Å². The molecular weight excluding hydrogens is 338 g/mol. The molecule has 2 rings (SSSR count). The van der Waals surface area contributed by atoms with E-state index in [4.69, 9.17) is 16.3 Å². The molecule has 0 radical (unpaired) electrons. The Kier molecular flexibility index (Phi) is 5.33. The number of nitro groups is 1. The van der Waals surface area contributed by atoms with E-state index in [2.05, 4.69) is 10.6 Å². The summed E-state index contributed by atoms with van der Waals surface area (Å²) in [6.07, 6.45) is 0. The molecule has 0 aromatic heterocycles. The highest BCUT2D eigenvalue weighted by atomic mass is 35.5. The van der Waals surface area contributed by atoms with E-state index in [-0.39, 0.29) is 22.1 Å². The fourth-order valence-electron chi connectivity index (χ4n) is 1.83. The monoisotopic (exact) mass is 349 g/mol. The summed E-state index contributed by atoms with van der Waals surface area (Å²) in [5.74, 6) is -0.201. The summed E-state index contributed by atoms with van der Waals surface area (Å²) in [7, 11) is 0. The van der Waals surface area contributed by atoms with Crippen LogP contribution in [0, 0.1) is 10.1 Å². The van der Waals surface area contributed by atoms with Crippen molar-refractivity contribution in [2.24, 2.45) is 0 Å². The largest absolute Gasteiger partial charge is 0.427 e. The molecule has 0 bridgehead atoms.